The van der Waals surface area contributed by atoms with Gasteiger partial charge in [-0.1, -0.05) is 48.5 Å². The van der Waals surface area contributed by atoms with Gasteiger partial charge in [-0.3, -0.25) is 0 Å². The summed E-state index contributed by atoms with van der Waals surface area (Å²) >= 11 is 0. The van der Waals surface area contributed by atoms with Crippen molar-refractivity contribution >= 4 is 6.09 Å². The Bertz CT molecular complexity index is 645. The van der Waals surface area contributed by atoms with E-state index in [-0.39, 0.29) is 19.3 Å². The number of carbonyl (C=O) groups excluding carboxylic acids is 1. The minimum Gasteiger partial charge on any atom is -0.488 e. The molecule has 0 aliphatic rings. The smallest absolute Gasteiger partial charge is 0.407 e. The summed E-state index contributed by atoms with van der Waals surface area (Å²) in [4.78, 5) is 11.7. The maximum Gasteiger partial charge on any atom is 0.407 e. The fraction of sp³-hybridized carbons (Fsp3) is 0.350. The normalized spacial score (nSPS) is 11.6. The Balaban J connectivity index is 1.69. The van der Waals surface area contributed by atoms with Gasteiger partial charge >= 0.3 is 6.09 Å². The quantitative estimate of drug-likeness (QED) is 0.686. The van der Waals surface area contributed by atoms with Crippen LogP contribution in [0, 0.1) is 0 Å². The molecule has 1 amide bonds. The summed E-state index contributed by atoms with van der Waals surface area (Å²) in [7, 11) is 0. The number of amides is 1. The monoisotopic (exact) mass is 343 g/mol. The molecule has 0 aliphatic carbocycles. The molecule has 2 rings (SSSR count). The molecule has 2 N–H and O–H groups in total. The molecule has 0 aliphatic heterocycles. The molecule has 0 saturated heterocycles. The lowest BCUT2D eigenvalue weighted by atomic mass is 10.1. The zero-order valence-electron chi connectivity index (χ0n) is 14.5. The summed E-state index contributed by atoms with van der Waals surface area (Å²) in [6, 6.07) is 17.3. The summed E-state index contributed by atoms with van der Waals surface area (Å²) in [5.41, 5.74) is 2.02. The van der Waals surface area contributed by atoms with Gasteiger partial charge in [0, 0.05) is 6.54 Å². The molecular formula is C20H25NO4. The summed E-state index contributed by atoms with van der Waals surface area (Å²) < 4.78 is 10.9. The van der Waals surface area contributed by atoms with Gasteiger partial charge in [0.05, 0.1) is 6.61 Å². The number of hydrogen-bond donors (Lipinski definition) is 2. The Kier molecular flexibility index (Phi) is 7.79. The zero-order valence-corrected chi connectivity index (χ0v) is 14.5. The van der Waals surface area contributed by atoms with Crippen LogP contribution in [-0.2, 0) is 17.8 Å². The first-order valence-corrected chi connectivity index (χ1v) is 8.49. The second-order valence-corrected chi connectivity index (χ2v) is 5.81. The highest BCUT2D eigenvalue weighted by atomic mass is 16.5. The molecule has 0 radical (unpaired) electrons. The van der Waals surface area contributed by atoms with Crippen molar-refractivity contribution in [3.8, 4) is 5.75 Å². The van der Waals surface area contributed by atoms with E-state index in [2.05, 4.69) is 5.32 Å². The van der Waals surface area contributed by atoms with Gasteiger partial charge in [0.15, 0.2) is 0 Å². The number of aliphatic hydroxyl groups is 1. The molecular weight excluding hydrogens is 318 g/mol. The SMILES string of the molecule is C[C@@H](CO)Oc1ccccc1CCCNC(=O)OCc1ccccc1. The van der Waals surface area contributed by atoms with Crippen LogP contribution >= 0.6 is 0 Å². The standard InChI is InChI=1S/C20H25NO4/c1-16(14-22)25-19-12-6-5-10-18(19)11-7-13-21-20(23)24-15-17-8-3-2-4-9-17/h2-6,8-10,12,16,22H,7,11,13-15H2,1H3,(H,21,23)/t16-/m0/s1. The number of aliphatic hydroxyl groups excluding tert-OH is 1. The van der Waals surface area contributed by atoms with Gasteiger partial charge in [0.25, 0.3) is 0 Å². The average Bonchev–Trinajstić information content (AvgIpc) is 2.65. The van der Waals surface area contributed by atoms with Gasteiger partial charge in [0.1, 0.15) is 18.5 Å². The van der Waals surface area contributed by atoms with Gasteiger partial charge in [-0.05, 0) is 37.0 Å². The van der Waals surface area contributed by atoms with Crippen molar-refractivity contribution in [1.29, 1.82) is 0 Å². The molecule has 0 unspecified atom stereocenters. The van der Waals surface area contributed by atoms with Gasteiger partial charge in [-0.25, -0.2) is 4.79 Å². The molecule has 2 aromatic carbocycles. The Morgan fingerprint density at radius 3 is 2.60 bits per heavy atom. The lowest BCUT2D eigenvalue weighted by molar-refractivity contribution is 0.128. The number of aryl methyl sites for hydroxylation is 1. The van der Waals surface area contributed by atoms with Crippen molar-refractivity contribution in [3.05, 3.63) is 65.7 Å². The third kappa shape index (κ3) is 6.85. The number of alkyl carbamates (subject to hydrolysis) is 1. The number of benzene rings is 2. The minimum atomic E-state index is -0.415. The summed E-state index contributed by atoms with van der Waals surface area (Å²) in [6.45, 7) is 2.59. The molecule has 2 aromatic rings. The molecule has 5 nitrogen and oxygen atoms in total. The topological polar surface area (TPSA) is 67.8 Å². The predicted octanol–water partition coefficient (Wildman–Crippen LogP) is 3.31. The van der Waals surface area contributed by atoms with Crippen LogP contribution in [0.5, 0.6) is 5.75 Å². The Morgan fingerprint density at radius 1 is 1.12 bits per heavy atom. The number of carbonyl (C=O) groups is 1. The highest BCUT2D eigenvalue weighted by molar-refractivity contribution is 5.67. The van der Waals surface area contributed by atoms with Gasteiger partial charge in [-0.2, -0.15) is 0 Å². The number of nitrogens with one attached hydrogen (secondary N) is 1. The van der Waals surface area contributed by atoms with Crippen molar-refractivity contribution in [3.63, 3.8) is 0 Å². The first-order chi connectivity index (χ1) is 12.2. The Hall–Kier alpha value is -2.53. The van der Waals surface area contributed by atoms with E-state index in [0.29, 0.717) is 6.54 Å². The fourth-order valence-corrected chi connectivity index (χ4v) is 2.32. The van der Waals surface area contributed by atoms with E-state index in [4.69, 9.17) is 14.6 Å². The maximum atomic E-state index is 11.7. The number of rotatable bonds is 9. The first kappa shape index (κ1) is 18.8. The van der Waals surface area contributed by atoms with E-state index in [1.54, 1.807) is 0 Å². The van der Waals surface area contributed by atoms with E-state index in [1.807, 2.05) is 61.5 Å². The highest BCUT2D eigenvalue weighted by Crippen LogP contribution is 2.20. The van der Waals surface area contributed by atoms with Crippen molar-refractivity contribution in [2.75, 3.05) is 13.2 Å². The lowest BCUT2D eigenvalue weighted by Gasteiger charge is -2.15. The van der Waals surface area contributed by atoms with Crippen LogP contribution in [0.4, 0.5) is 4.79 Å². The van der Waals surface area contributed by atoms with Crippen molar-refractivity contribution in [2.24, 2.45) is 0 Å². The molecule has 1 atom stereocenters. The molecule has 0 spiro atoms. The van der Waals surface area contributed by atoms with Crippen molar-refractivity contribution < 1.29 is 19.4 Å². The molecule has 0 aromatic heterocycles. The minimum absolute atomic E-state index is 0.0247. The van der Waals surface area contributed by atoms with Crippen LogP contribution in [0.2, 0.25) is 0 Å². The van der Waals surface area contributed by atoms with Crippen LogP contribution in [0.25, 0.3) is 0 Å². The first-order valence-electron chi connectivity index (χ1n) is 8.49. The average molecular weight is 343 g/mol. The predicted molar refractivity (Wildman–Crippen MR) is 96.6 cm³/mol. The van der Waals surface area contributed by atoms with Crippen LogP contribution in [0.3, 0.4) is 0 Å². The van der Waals surface area contributed by atoms with Crippen LogP contribution in [0.15, 0.2) is 54.6 Å². The van der Waals surface area contributed by atoms with Crippen LogP contribution in [0.1, 0.15) is 24.5 Å². The molecule has 0 saturated carbocycles. The third-order valence-electron chi connectivity index (χ3n) is 3.66. The van der Waals surface area contributed by atoms with E-state index in [9.17, 15) is 4.79 Å². The van der Waals surface area contributed by atoms with E-state index in [0.717, 1.165) is 29.7 Å². The van der Waals surface area contributed by atoms with E-state index < -0.39 is 6.09 Å². The van der Waals surface area contributed by atoms with Gasteiger partial charge < -0.3 is 19.9 Å². The molecule has 0 bridgehead atoms. The maximum absolute atomic E-state index is 11.7. The Labute approximate surface area is 148 Å². The van der Waals surface area contributed by atoms with Gasteiger partial charge in [-0.15, -0.1) is 0 Å². The van der Waals surface area contributed by atoms with Crippen molar-refractivity contribution in [2.45, 2.75) is 32.5 Å². The van der Waals surface area contributed by atoms with E-state index in [1.165, 1.54) is 0 Å². The van der Waals surface area contributed by atoms with Crippen molar-refractivity contribution in [1.82, 2.24) is 5.32 Å². The van der Waals surface area contributed by atoms with E-state index >= 15 is 0 Å². The summed E-state index contributed by atoms with van der Waals surface area (Å²) in [5, 5.41) is 11.9. The van der Waals surface area contributed by atoms with Crippen LogP contribution < -0.4 is 10.1 Å². The fourth-order valence-electron chi connectivity index (χ4n) is 2.32. The summed E-state index contributed by atoms with van der Waals surface area (Å²) in [5.74, 6) is 0.774. The second-order valence-electron chi connectivity index (χ2n) is 5.81. The zero-order chi connectivity index (χ0) is 17.9. The third-order valence-corrected chi connectivity index (χ3v) is 3.66. The Morgan fingerprint density at radius 2 is 1.84 bits per heavy atom. The number of para-hydroxylation sites is 1. The summed E-state index contributed by atoms with van der Waals surface area (Å²) in [6.07, 6.45) is 0.885. The molecule has 134 valence electrons. The molecule has 25 heavy (non-hydrogen) atoms. The second kappa shape index (κ2) is 10.4. The largest absolute Gasteiger partial charge is 0.488 e. The van der Waals surface area contributed by atoms with Crippen LogP contribution in [-0.4, -0.2) is 30.5 Å². The van der Waals surface area contributed by atoms with Gasteiger partial charge in [0.2, 0.25) is 0 Å². The number of hydrogen-bond acceptors (Lipinski definition) is 4. The lowest BCUT2D eigenvalue weighted by Crippen LogP contribution is -2.25. The molecule has 0 heterocycles. The molecule has 0 fully saturated rings. The molecule has 5 heteroatoms. The number of ether oxygens (including phenoxy) is 2. The highest BCUT2D eigenvalue weighted by Gasteiger charge is 2.08.